The molecule has 1 aromatic carbocycles. The van der Waals surface area contributed by atoms with Crippen LogP contribution in [-0.4, -0.2) is 20.6 Å². The van der Waals surface area contributed by atoms with Gasteiger partial charge in [-0.1, -0.05) is 30.3 Å². The van der Waals surface area contributed by atoms with Crippen molar-refractivity contribution >= 4 is 5.97 Å². The summed E-state index contributed by atoms with van der Waals surface area (Å²) in [6.45, 7) is 0. The van der Waals surface area contributed by atoms with Gasteiger partial charge >= 0.3 is 5.97 Å². The van der Waals surface area contributed by atoms with Gasteiger partial charge in [0, 0.05) is 24.2 Å². The van der Waals surface area contributed by atoms with E-state index in [4.69, 9.17) is 0 Å². The number of aromatic amines is 1. The lowest BCUT2D eigenvalue weighted by Gasteiger charge is -2.07. The van der Waals surface area contributed by atoms with Crippen molar-refractivity contribution in [2.75, 3.05) is 0 Å². The molecule has 2 heterocycles. The van der Waals surface area contributed by atoms with E-state index in [1.165, 1.54) is 0 Å². The summed E-state index contributed by atoms with van der Waals surface area (Å²) in [5.74, 6) is -0.967. The summed E-state index contributed by atoms with van der Waals surface area (Å²) in [4.78, 5) is 14.2. The highest BCUT2D eigenvalue weighted by atomic mass is 16.4. The summed E-state index contributed by atoms with van der Waals surface area (Å²) in [6.07, 6.45) is 5.40. The Kier molecular flexibility index (Phi) is 2.68. The monoisotopic (exact) mass is 252 g/mol. The minimum absolute atomic E-state index is 0.190. The molecule has 94 valence electrons. The summed E-state index contributed by atoms with van der Waals surface area (Å²) in [7, 11) is 0. The minimum Gasteiger partial charge on any atom is -0.477 e. The molecule has 0 radical (unpaired) electrons. The van der Waals surface area contributed by atoms with Gasteiger partial charge in [-0.2, -0.15) is 0 Å². The van der Waals surface area contributed by atoms with Gasteiger partial charge in [-0.25, -0.2) is 4.79 Å². The van der Waals surface area contributed by atoms with Crippen LogP contribution in [0.2, 0.25) is 0 Å². The van der Waals surface area contributed by atoms with Gasteiger partial charge < -0.3 is 14.7 Å². The Morgan fingerprint density at radius 3 is 2.37 bits per heavy atom. The van der Waals surface area contributed by atoms with Gasteiger partial charge in [0.1, 0.15) is 5.69 Å². The van der Waals surface area contributed by atoms with Crippen LogP contribution in [-0.2, 0) is 0 Å². The molecule has 0 amide bonds. The smallest absolute Gasteiger partial charge is 0.354 e. The Labute approximate surface area is 109 Å². The van der Waals surface area contributed by atoms with Gasteiger partial charge in [0.25, 0.3) is 0 Å². The van der Waals surface area contributed by atoms with Crippen LogP contribution >= 0.6 is 0 Å². The van der Waals surface area contributed by atoms with Crippen LogP contribution in [0.1, 0.15) is 10.5 Å². The second-order valence-electron chi connectivity index (χ2n) is 4.19. The fourth-order valence-corrected chi connectivity index (χ4v) is 2.17. The number of carbonyl (C=O) groups is 1. The maximum absolute atomic E-state index is 11.3. The normalized spacial score (nSPS) is 10.5. The van der Waals surface area contributed by atoms with E-state index >= 15 is 0 Å². The van der Waals surface area contributed by atoms with Crippen LogP contribution in [0.25, 0.3) is 16.8 Å². The molecular weight excluding hydrogens is 240 g/mol. The van der Waals surface area contributed by atoms with Crippen molar-refractivity contribution in [3.63, 3.8) is 0 Å². The van der Waals surface area contributed by atoms with E-state index < -0.39 is 5.97 Å². The number of nitrogens with zero attached hydrogens (tertiary/aromatic N) is 1. The van der Waals surface area contributed by atoms with E-state index in [9.17, 15) is 9.90 Å². The number of aromatic carboxylic acids is 1. The van der Waals surface area contributed by atoms with Gasteiger partial charge in [-0.3, -0.25) is 0 Å². The number of carboxylic acids is 1. The molecule has 0 aliphatic heterocycles. The van der Waals surface area contributed by atoms with Gasteiger partial charge in [0.15, 0.2) is 0 Å². The molecule has 0 unspecified atom stereocenters. The predicted octanol–water partition coefficient (Wildman–Crippen LogP) is 3.17. The molecule has 19 heavy (non-hydrogen) atoms. The Balaban J connectivity index is 2.24. The van der Waals surface area contributed by atoms with Crippen molar-refractivity contribution in [3.05, 3.63) is 66.7 Å². The summed E-state index contributed by atoms with van der Waals surface area (Å²) >= 11 is 0. The van der Waals surface area contributed by atoms with Crippen LogP contribution in [0.4, 0.5) is 0 Å². The Morgan fingerprint density at radius 2 is 1.74 bits per heavy atom. The molecule has 0 aliphatic rings. The number of H-pyrrole nitrogens is 1. The highest BCUT2D eigenvalue weighted by Crippen LogP contribution is 2.29. The zero-order valence-corrected chi connectivity index (χ0v) is 10.1. The number of rotatable bonds is 3. The van der Waals surface area contributed by atoms with Crippen LogP contribution in [0.15, 0.2) is 61.1 Å². The lowest BCUT2D eigenvalue weighted by atomic mass is 10.1. The van der Waals surface area contributed by atoms with E-state index in [1.807, 2.05) is 59.4 Å². The Hall–Kier alpha value is -2.75. The maximum Gasteiger partial charge on any atom is 0.354 e. The largest absolute Gasteiger partial charge is 0.477 e. The first-order valence-corrected chi connectivity index (χ1v) is 5.91. The first-order valence-electron chi connectivity index (χ1n) is 5.91. The third-order valence-electron chi connectivity index (χ3n) is 3.01. The fourth-order valence-electron chi connectivity index (χ4n) is 2.17. The molecule has 0 saturated heterocycles. The molecule has 0 aliphatic carbocycles. The number of aromatic nitrogens is 2. The van der Waals surface area contributed by atoms with Crippen molar-refractivity contribution in [2.24, 2.45) is 0 Å². The van der Waals surface area contributed by atoms with Gasteiger partial charge in [-0.15, -0.1) is 0 Å². The van der Waals surface area contributed by atoms with E-state index in [1.54, 1.807) is 6.20 Å². The lowest BCUT2D eigenvalue weighted by Crippen LogP contribution is -2.03. The predicted molar refractivity (Wildman–Crippen MR) is 72.5 cm³/mol. The first kappa shape index (κ1) is 11.3. The first-order chi connectivity index (χ1) is 9.27. The zero-order valence-electron chi connectivity index (χ0n) is 10.1. The number of hydrogen-bond donors (Lipinski definition) is 2. The summed E-state index contributed by atoms with van der Waals surface area (Å²) in [5.41, 5.74) is 2.70. The SMILES string of the molecule is O=C(O)c1[nH]cc(-c2ccccc2)c1-n1cccc1. The van der Waals surface area contributed by atoms with E-state index in [2.05, 4.69) is 4.98 Å². The lowest BCUT2D eigenvalue weighted by molar-refractivity contribution is 0.0691. The summed E-state index contributed by atoms with van der Waals surface area (Å²) in [5, 5.41) is 9.28. The molecular formula is C15H12N2O2. The third-order valence-corrected chi connectivity index (χ3v) is 3.01. The second kappa shape index (κ2) is 4.49. The topological polar surface area (TPSA) is 58.0 Å². The average molecular weight is 252 g/mol. The van der Waals surface area contributed by atoms with Crippen LogP contribution in [0.5, 0.6) is 0 Å². The van der Waals surface area contributed by atoms with E-state index in [-0.39, 0.29) is 5.69 Å². The molecule has 0 bridgehead atoms. The molecule has 0 fully saturated rings. The van der Waals surface area contributed by atoms with Gasteiger partial charge in [0.2, 0.25) is 0 Å². The van der Waals surface area contributed by atoms with Crippen molar-refractivity contribution in [2.45, 2.75) is 0 Å². The zero-order chi connectivity index (χ0) is 13.2. The highest BCUT2D eigenvalue weighted by molar-refractivity contribution is 5.94. The molecule has 4 heteroatoms. The van der Waals surface area contributed by atoms with Crippen LogP contribution in [0.3, 0.4) is 0 Å². The van der Waals surface area contributed by atoms with Gasteiger partial charge in [-0.05, 0) is 17.7 Å². The highest BCUT2D eigenvalue weighted by Gasteiger charge is 2.18. The number of carboxylic acid groups (broad SMARTS) is 1. The summed E-state index contributed by atoms with van der Waals surface area (Å²) < 4.78 is 1.81. The van der Waals surface area contributed by atoms with E-state index in [0.717, 1.165) is 11.1 Å². The number of hydrogen-bond acceptors (Lipinski definition) is 1. The molecule has 0 saturated carbocycles. The van der Waals surface area contributed by atoms with E-state index in [0.29, 0.717) is 5.69 Å². The van der Waals surface area contributed by atoms with Crippen molar-refractivity contribution in [1.29, 1.82) is 0 Å². The Bertz CT molecular complexity index is 697. The minimum atomic E-state index is -0.967. The average Bonchev–Trinajstić information content (AvgIpc) is 3.08. The molecule has 2 aromatic heterocycles. The van der Waals surface area contributed by atoms with Crippen LogP contribution < -0.4 is 0 Å². The fraction of sp³-hybridized carbons (Fsp3) is 0. The molecule has 4 nitrogen and oxygen atoms in total. The quantitative estimate of drug-likeness (QED) is 0.752. The van der Waals surface area contributed by atoms with Crippen molar-refractivity contribution in [1.82, 2.24) is 9.55 Å². The molecule has 0 spiro atoms. The van der Waals surface area contributed by atoms with Gasteiger partial charge in [0.05, 0.1) is 5.69 Å². The van der Waals surface area contributed by atoms with Crippen molar-refractivity contribution in [3.8, 4) is 16.8 Å². The molecule has 2 N–H and O–H groups in total. The molecule has 3 rings (SSSR count). The summed E-state index contributed by atoms with van der Waals surface area (Å²) in [6, 6.07) is 13.5. The number of benzene rings is 1. The third kappa shape index (κ3) is 1.93. The maximum atomic E-state index is 11.3. The van der Waals surface area contributed by atoms with Crippen molar-refractivity contribution < 1.29 is 9.90 Å². The molecule has 0 atom stereocenters. The number of nitrogens with one attached hydrogen (secondary N) is 1. The van der Waals surface area contributed by atoms with Crippen LogP contribution in [0, 0.1) is 0 Å². The Morgan fingerprint density at radius 1 is 1.05 bits per heavy atom. The second-order valence-corrected chi connectivity index (χ2v) is 4.19. The molecule has 3 aromatic rings. The standard InChI is InChI=1S/C15H12N2O2/c18-15(19)13-14(17-8-4-5-9-17)12(10-16-13)11-6-2-1-3-7-11/h1-10,16H,(H,18,19).